The van der Waals surface area contributed by atoms with E-state index in [1.807, 2.05) is 0 Å². The van der Waals surface area contributed by atoms with Gasteiger partial charge in [0.25, 0.3) is 0 Å². The molecule has 1 N–H and O–H groups in total. The Balaban J connectivity index is 1.40. The quantitative estimate of drug-likeness (QED) is 0.137. The van der Waals surface area contributed by atoms with E-state index in [1.165, 1.54) is 18.3 Å². The highest BCUT2D eigenvalue weighted by molar-refractivity contribution is 6.30. The number of ether oxygens (including phenoxy) is 3. The van der Waals surface area contributed by atoms with E-state index >= 15 is 4.39 Å². The van der Waals surface area contributed by atoms with E-state index in [9.17, 15) is 23.9 Å². The predicted molar refractivity (Wildman–Crippen MR) is 179 cm³/mol. The van der Waals surface area contributed by atoms with Crippen molar-refractivity contribution in [1.29, 1.82) is 0 Å². The van der Waals surface area contributed by atoms with Crippen LogP contribution in [0.15, 0.2) is 60.0 Å². The Morgan fingerprint density at radius 1 is 1.12 bits per heavy atom. The van der Waals surface area contributed by atoms with Crippen molar-refractivity contribution in [2.45, 2.75) is 75.7 Å². The van der Waals surface area contributed by atoms with Gasteiger partial charge in [-0.3, -0.25) is 9.78 Å². The van der Waals surface area contributed by atoms with Crippen molar-refractivity contribution in [2.75, 3.05) is 31.6 Å². The molecule has 1 unspecified atom stereocenters. The number of hydrogen-bond acceptors (Lipinski definition) is 7. The highest BCUT2D eigenvalue weighted by Crippen LogP contribution is 2.36. The summed E-state index contributed by atoms with van der Waals surface area (Å²) in [6, 6.07) is 7.35. The third kappa shape index (κ3) is 9.25. The minimum absolute atomic E-state index is 0.00834. The summed E-state index contributed by atoms with van der Waals surface area (Å²) in [6.45, 7) is 6.83. The first-order chi connectivity index (χ1) is 23.8. The van der Waals surface area contributed by atoms with Gasteiger partial charge in [-0.15, -0.1) is 0 Å². The number of carbonyl (C=O) groups excluding carboxylic acids is 2. The maximum absolute atomic E-state index is 15.4. The van der Waals surface area contributed by atoms with Crippen LogP contribution in [0, 0.1) is 17.5 Å². The van der Waals surface area contributed by atoms with Gasteiger partial charge in [-0.2, -0.15) is 0 Å². The van der Waals surface area contributed by atoms with Gasteiger partial charge in [0, 0.05) is 53.5 Å². The van der Waals surface area contributed by atoms with Gasteiger partial charge in [-0.25, -0.2) is 18.0 Å². The number of hydrogen-bond donors (Lipinski definition) is 1. The summed E-state index contributed by atoms with van der Waals surface area (Å²) in [4.78, 5) is 35.4. The second-order valence-electron chi connectivity index (χ2n) is 13.5. The standard InChI is InChI=1S/C35H38ClF3N6O5/c1-34(2,3)50-33(47)45-19-26(49-35(20-45)10-12-48-13-11-35)8-9-27-28(39)17-41-18-29(27)42-32(46)31(43-44-40)30(21-4-6-23(36)7-5-21)22-14-24(37)16-25(38)15-22/h4-7,14-18,26,30-31H,8-13,19-20H2,1-3H3,(H,42,46)/t26?,30-,31-/m0/s1. The number of carbonyl (C=O) groups is 2. The number of rotatable bonds is 9. The highest BCUT2D eigenvalue weighted by Gasteiger charge is 2.44. The van der Waals surface area contributed by atoms with Gasteiger partial charge in [0.1, 0.15) is 29.1 Å². The van der Waals surface area contributed by atoms with Crippen molar-refractivity contribution in [2.24, 2.45) is 5.11 Å². The smallest absolute Gasteiger partial charge is 0.410 e. The van der Waals surface area contributed by atoms with Crippen LogP contribution in [0.4, 0.5) is 23.7 Å². The molecule has 0 radical (unpaired) electrons. The van der Waals surface area contributed by atoms with Crippen LogP contribution in [0.2, 0.25) is 5.02 Å². The maximum Gasteiger partial charge on any atom is 0.410 e. The SMILES string of the molecule is CC(C)(C)OC(=O)N1CC(CCc2c(F)cncc2NC(=O)[C@@H](N=[N+]=[N-])[C@@H](c2ccc(Cl)cc2)c2cc(F)cc(F)c2)OC2(CCOCC2)C1. The third-order valence-electron chi connectivity index (χ3n) is 8.59. The van der Waals surface area contributed by atoms with Crippen molar-refractivity contribution in [3.63, 3.8) is 0 Å². The molecule has 266 valence electrons. The molecule has 15 heteroatoms. The average Bonchev–Trinajstić information content (AvgIpc) is 3.04. The zero-order valence-corrected chi connectivity index (χ0v) is 28.6. The molecule has 3 heterocycles. The predicted octanol–water partition coefficient (Wildman–Crippen LogP) is 7.72. The number of anilines is 1. The number of benzene rings is 2. The summed E-state index contributed by atoms with van der Waals surface area (Å²) in [5.74, 6) is -4.51. The Morgan fingerprint density at radius 3 is 2.44 bits per heavy atom. The van der Waals surface area contributed by atoms with Crippen LogP contribution in [0.5, 0.6) is 0 Å². The van der Waals surface area contributed by atoms with Crippen molar-refractivity contribution >= 4 is 29.3 Å². The minimum Gasteiger partial charge on any atom is -0.444 e. The third-order valence-corrected chi connectivity index (χ3v) is 8.84. The van der Waals surface area contributed by atoms with Gasteiger partial charge < -0.3 is 24.4 Å². The minimum atomic E-state index is -1.57. The van der Waals surface area contributed by atoms with Crippen LogP contribution in [-0.4, -0.2) is 71.5 Å². The molecule has 2 fully saturated rings. The van der Waals surface area contributed by atoms with Crippen LogP contribution in [0.25, 0.3) is 10.4 Å². The number of aromatic nitrogens is 1. The fourth-order valence-corrected chi connectivity index (χ4v) is 6.49. The van der Waals surface area contributed by atoms with Gasteiger partial charge in [-0.1, -0.05) is 28.8 Å². The molecule has 3 atom stereocenters. The molecule has 2 aliphatic rings. The first-order valence-corrected chi connectivity index (χ1v) is 16.6. The number of pyridine rings is 1. The Hall–Kier alpha value is -4.36. The van der Waals surface area contributed by atoms with E-state index < -0.39 is 58.7 Å². The van der Waals surface area contributed by atoms with Gasteiger partial charge in [0.2, 0.25) is 5.91 Å². The number of azide groups is 1. The summed E-state index contributed by atoms with van der Waals surface area (Å²) in [5, 5.41) is 6.73. The largest absolute Gasteiger partial charge is 0.444 e. The molecule has 2 saturated heterocycles. The topological polar surface area (TPSA) is 139 Å². The molecule has 1 aromatic heterocycles. The summed E-state index contributed by atoms with van der Waals surface area (Å²) in [6.07, 6.45) is 2.77. The van der Waals surface area contributed by atoms with E-state index in [4.69, 9.17) is 25.8 Å². The van der Waals surface area contributed by atoms with Crippen molar-refractivity contribution < 1.29 is 37.0 Å². The first-order valence-electron chi connectivity index (χ1n) is 16.2. The van der Waals surface area contributed by atoms with Gasteiger partial charge in [-0.05, 0) is 74.5 Å². The number of halogens is 4. The molecule has 5 rings (SSSR count). The van der Waals surface area contributed by atoms with E-state index in [0.29, 0.717) is 49.3 Å². The lowest BCUT2D eigenvalue weighted by molar-refractivity contribution is -0.186. The van der Waals surface area contributed by atoms with E-state index in [0.717, 1.165) is 18.3 Å². The van der Waals surface area contributed by atoms with E-state index in [2.05, 4.69) is 20.3 Å². The second-order valence-corrected chi connectivity index (χ2v) is 13.9. The lowest BCUT2D eigenvalue weighted by Crippen LogP contribution is -2.59. The molecular formula is C35H38ClF3N6O5. The molecule has 3 aromatic rings. The molecule has 50 heavy (non-hydrogen) atoms. The monoisotopic (exact) mass is 714 g/mol. The van der Waals surface area contributed by atoms with Crippen LogP contribution >= 0.6 is 11.6 Å². The molecule has 0 saturated carbocycles. The number of nitrogens with zero attached hydrogens (tertiary/aromatic N) is 5. The van der Waals surface area contributed by atoms with E-state index in [1.54, 1.807) is 37.8 Å². The summed E-state index contributed by atoms with van der Waals surface area (Å²) in [7, 11) is 0. The number of amides is 2. The van der Waals surface area contributed by atoms with Gasteiger partial charge in [0.15, 0.2) is 0 Å². The number of nitrogens with one attached hydrogen (secondary N) is 1. The lowest BCUT2D eigenvalue weighted by atomic mass is 9.84. The van der Waals surface area contributed by atoms with Crippen LogP contribution in [-0.2, 0) is 25.4 Å². The van der Waals surface area contributed by atoms with Crippen molar-refractivity contribution in [3.05, 3.63) is 104 Å². The average molecular weight is 715 g/mol. The Morgan fingerprint density at radius 2 is 1.80 bits per heavy atom. The Bertz CT molecular complexity index is 1730. The molecule has 1 spiro atoms. The lowest BCUT2D eigenvalue weighted by Gasteiger charge is -2.48. The Labute approximate surface area is 292 Å². The molecular weight excluding hydrogens is 677 g/mol. The van der Waals surface area contributed by atoms with E-state index in [-0.39, 0.29) is 36.2 Å². The second kappa shape index (κ2) is 15.7. The Kier molecular flexibility index (Phi) is 11.6. The van der Waals surface area contributed by atoms with Gasteiger partial charge in [0.05, 0.1) is 42.9 Å². The van der Waals surface area contributed by atoms with Gasteiger partial charge >= 0.3 is 6.09 Å². The van der Waals surface area contributed by atoms with Crippen LogP contribution in [0.1, 0.15) is 62.6 Å². The maximum atomic E-state index is 15.4. The van der Waals surface area contributed by atoms with Crippen LogP contribution < -0.4 is 5.32 Å². The first kappa shape index (κ1) is 36.9. The molecule has 11 nitrogen and oxygen atoms in total. The summed E-state index contributed by atoms with van der Waals surface area (Å²) < 4.78 is 62.0. The molecule has 2 aliphatic heterocycles. The fourth-order valence-electron chi connectivity index (χ4n) is 6.36. The molecule has 2 amide bonds. The molecule has 0 bridgehead atoms. The van der Waals surface area contributed by atoms with Crippen LogP contribution in [0.3, 0.4) is 0 Å². The highest BCUT2D eigenvalue weighted by atomic mass is 35.5. The molecule has 0 aliphatic carbocycles. The summed E-state index contributed by atoms with van der Waals surface area (Å²) >= 11 is 6.07. The van der Waals surface area contributed by atoms with Crippen molar-refractivity contribution in [3.8, 4) is 0 Å². The normalized spacial score (nSPS) is 18.5. The zero-order chi connectivity index (χ0) is 36.1. The van der Waals surface area contributed by atoms with Crippen molar-refractivity contribution in [1.82, 2.24) is 9.88 Å². The summed E-state index contributed by atoms with van der Waals surface area (Å²) in [5.41, 5.74) is 8.65. The fraction of sp³-hybridized carbons (Fsp3) is 0.457. The number of morpholine rings is 1. The molecule has 2 aromatic carbocycles. The zero-order valence-electron chi connectivity index (χ0n) is 27.9.